The molecule has 30 heavy (non-hydrogen) atoms. The van der Waals surface area contributed by atoms with Crippen LogP contribution in [-0.2, 0) is 24.1 Å². The Bertz CT molecular complexity index is 825. The van der Waals surface area contributed by atoms with Crippen molar-refractivity contribution >= 4 is 15.7 Å². The van der Waals surface area contributed by atoms with E-state index in [1.165, 1.54) is 0 Å². The molecule has 0 bridgehead atoms. The molecule has 0 aliphatic carbocycles. The number of sulfone groups is 1. The Morgan fingerprint density at radius 3 is 2.67 bits per heavy atom. The van der Waals surface area contributed by atoms with Crippen LogP contribution >= 0.6 is 0 Å². The fraction of sp³-hybridized carbons (Fsp3) is 0.682. The lowest BCUT2D eigenvalue weighted by Gasteiger charge is -2.38. The van der Waals surface area contributed by atoms with Gasteiger partial charge in [-0.2, -0.15) is 0 Å². The van der Waals surface area contributed by atoms with Crippen LogP contribution in [0.25, 0.3) is 0 Å². The molecule has 3 aliphatic rings. The summed E-state index contributed by atoms with van der Waals surface area (Å²) in [6.07, 6.45) is 2.41. The molecule has 4 rings (SSSR count). The number of carbonyl (C=O) groups excluding carboxylic acids is 1. The van der Waals surface area contributed by atoms with Crippen LogP contribution in [0, 0.1) is 0 Å². The number of amides is 1. The lowest BCUT2D eigenvalue weighted by Crippen LogP contribution is -2.52. The van der Waals surface area contributed by atoms with E-state index in [4.69, 9.17) is 9.47 Å². The van der Waals surface area contributed by atoms with Crippen molar-refractivity contribution in [2.45, 2.75) is 50.5 Å². The second-order valence-corrected chi connectivity index (χ2v) is 11.0. The molecule has 0 radical (unpaired) electrons. The van der Waals surface area contributed by atoms with Crippen LogP contribution in [0.4, 0.5) is 0 Å². The van der Waals surface area contributed by atoms with Gasteiger partial charge in [0, 0.05) is 32.3 Å². The molecule has 4 atom stereocenters. The van der Waals surface area contributed by atoms with E-state index in [9.17, 15) is 13.2 Å². The lowest BCUT2D eigenvalue weighted by molar-refractivity contribution is -0.140. The second-order valence-electron chi connectivity index (χ2n) is 8.78. The summed E-state index contributed by atoms with van der Waals surface area (Å²) >= 11 is 0. The van der Waals surface area contributed by atoms with Crippen LogP contribution < -0.4 is 0 Å². The quantitative estimate of drug-likeness (QED) is 0.675. The first-order valence-corrected chi connectivity index (χ1v) is 12.8. The highest BCUT2D eigenvalue weighted by Crippen LogP contribution is 2.26. The molecule has 3 fully saturated rings. The molecule has 0 spiro atoms. The van der Waals surface area contributed by atoms with Gasteiger partial charge in [-0.25, -0.2) is 8.42 Å². The number of hydrogen-bond acceptors (Lipinski definition) is 6. The minimum atomic E-state index is -3.06. The number of morpholine rings is 1. The first-order valence-electron chi connectivity index (χ1n) is 10.9. The number of nitrogens with zero attached hydrogens (tertiary/aromatic N) is 2. The molecule has 1 amide bonds. The van der Waals surface area contributed by atoms with Gasteiger partial charge < -0.3 is 14.4 Å². The molecular weight excluding hydrogens is 404 g/mol. The number of rotatable bonds is 6. The van der Waals surface area contributed by atoms with Crippen molar-refractivity contribution in [2.75, 3.05) is 44.3 Å². The minimum Gasteiger partial charge on any atom is -0.376 e. The normalized spacial score (nSPS) is 31.6. The molecule has 7 nitrogen and oxygen atoms in total. The molecule has 0 N–H and O–H groups in total. The number of carbonyl (C=O) groups is 1. The van der Waals surface area contributed by atoms with Crippen LogP contribution in [0.1, 0.15) is 37.9 Å². The highest BCUT2D eigenvalue weighted by molar-refractivity contribution is 7.91. The third kappa shape index (κ3) is 5.41. The van der Waals surface area contributed by atoms with Gasteiger partial charge in [-0.15, -0.1) is 0 Å². The van der Waals surface area contributed by atoms with Gasteiger partial charge in [-0.1, -0.05) is 30.3 Å². The summed E-state index contributed by atoms with van der Waals surface area (Å²) in [5, 5.41) is 0. The van der Waals surface area contributed by atoms with Crippen molar-refractivity contribution in [1.29, 1.82) is 0 Å². The smallest absolute Gasteiger partial charge is 0.237 e. The molecule has 3 heterocycles. The fourth-order valence-corrected chi connectivity index (χ4v) is 6.52. The molecule has 1 aromatic carbocycles. The summed E-state index contributed by atoms with van der Waals surface area (Å²) in [6, 6.07) is 9.84. The minimum absolute atomic E-state index is 0.00601. The summed E-state index contributed by atoms with van der Waals surface area (Å²) in [7, 11) is -3.06. The zero-order chi connectivity index (χ0) is 21.1. The van der Waals surface area contributed by atoms with E-state index in [0.717, 1.165) is 25.0 Å². The highest BCUT2D eigenvalue weighted by atomic mass is 32.2. The van der Waals surface area contributed by atoms with Crippen LogP contribution in [0.5, 0.6) is 0 Å². The summed E-state index contributed by atoms with van der Waals surface area (Å²) in [4.78, 5) is 17.3. The van der Waals surface area contributed by atoms with E-state index in [1.54, 1.807) is 4.90 Å². The van der Waals surface area contributed by atoms with E-state index >= 15 is 0 Å². The molecule has 3 aliphatic heterocycles. The van der Waals surface area contributed by atoms with E-state index in [1.807, 2.05) is 25.1 Å². The summed E-state index contributed by atoms with van der Waals surface area (Å²) in [5.74, 6) is 0.225. The van der Waals surface area contributed by atoms with Crippen molar-refractivity contribution in [1.82, 2.24) is 9.80 Å². The number of ether oxygens (including phenoxy) is 2. The average molecular weight is 437 g/mol. The van der Waals surface area contributed by atoms with Crippen LogP contribution in [0.15, 0.2) is 30.3 Å². The van der Waals surface area contributed by atoms with E-state index in [2.05, 4.69) is 17.0 Å². The zero-order valence-corrected chi connectivity index (χ0v) is 18.4. The first kappa shape index (κ1) is 21.7. The maximum atomic E-state index is 13.3. The number of benzene rings is 1. The van der Waals surface area contributed by atoms with Gasteiger partial charge in [-0.3, -0.25) is 9.69 Å². The van der Waals surface area contributed by atoms with E-state index in [-0.39, 0.29) is 48.3 Å². The summed E-state index contributed by atoms with van der Waals surface area (Å²) in [6.45, 7) is 4.85. The lowest BCUT2D eigenvalue weighted by atomic mass is 10.1. The Labute approximate surface area is 179 Å². The van der Waals surface area contributed by atoms with Crippen LogP contribution in [-0.4, -0.2) is 86.7 Å². The predicted molar refractivity (Wildman–Crippen MR) is 114 cm³/mol. The Morgan fingerprint density at radius 2 is 2.00 bits per heavy atom. The topological polar surface area (TPSA) is 76.2 Å². The van der Waals surface area contributed by atoms with Crippen LogP contribution in [0.2, 0.25) is 0 Å². The zero-order valence-electron chi connectivity index (χ0n) is 17.6. The standard InChI is InChI=1S/C22H32N2O5S/c1-17-12-23(14-21(29-17)18-6-3-2-4-7-18)15-22(25)24(13-20-8-5-10-28-20)19-9-11-30(26,27)16-19/h2-4,6-7,17,19-21H,5,8-16H2,1H3. The predicted octanol–water partition coefficient (Wildman–Crippen LogP) is 1.64. The first-order chi connectivity index (χ1) is 14.4. The van der Waals surface area contributed by atoms with Crippen LogP contribution in [0.3, 0.4) is 0 Å². The Kier molecular flexibility index (Phi) is 6.77. The molecule has 3 saturated heterocycles. The average Bonchev–Trinajstić information content (AvgIpc) is 3.35. The number of hydrogen-bond donors (Lipinski definition) is 0. The molecule has 1 aromatic rings. The summed E-state index contributed by atoms with van der Waals surface area (Å²) < 4.78 is 35.9. The van der Waals surface area contributed by atoms with Crippen molar-refractivity contribution in [3.05, 3.63) is 35.9 Å². The van der Waals surface area contributed by atoms with Crippen molar-refractivity contribution in [2.24, 2.45) is 0 Å². The van der Waals surface area contributed by atoms with Crippen molar-refractivity contribution in [3.63, 3.8) is 0 Å². The second kappa shape index (κ2) is 9.34. The largest absolute Gasteiger partial charge is 0.376 e. The van der Waals surface area contributed by atoms with Crippen molar-refractivity contribution in [3.8, 4) is 0 Å². The maximum absolute atomic E-state index is 13.3. The third-order valence-corrected chi connectivity index (χ3v) is 8.01. The monoisotopic (exact) mass is 436 g/mol. The molecule has 4 unspecified atom stereocenters. The van der Waals surface area contributed by atoms with Gasteiger partial charge in [0.15, 0.2) is 9.84 Å². The van der Waals surface area contributed by atoms with Gasteiger partial charge in [-0.05, 0) is 31.7 Å². The Hall–Kier alpha value is -1.48. The molecule has 0 aromatic heterocycles. The molecule has 0 saturated carbocycles. The highest BCUT2D eigenvalue weighted by Gasteiger charge is 2.37. The summed E-state index contributed by atoms with van der Waals surface area (Å²) in [5.41, 5.74) is 1.11. The van der Waals surface area contributed by atoms with Gasteiger partial charge >= 0.3 is 0 Å². The Morgan fingerprint density at radius 1 is 1.20 bits per heavy atom. The molecular formula is C22H32N2O5S. The van der Waals surface area contributed by atoms with Gasteiger partial charge in [0.05, 0.1) is 36.4 Å². The Balaban J connectivity index is 1.44. The van der Waals surface area contributed by atoms with Gasteiger partial charge in [0.2, 0.25) is 5.91 Å². The third-order valence-electron chi connectivity index (χ3n) is 6.26. The van der Waals surface area contributed by atoms with Gasteiger partial charge in [0.25, 0.3) is 0 Å². The fourth-order valence-electron chi connectivity index (χ4n) is 4.79. The molecule has 166 valence electrons. The SMILES string of the molecule is CC1CN(CC(=O)N(CC2CCCO2)C2CCS(=O)(=O)C2)CC(c2ccccc2)O1. The maximum Gasteiger partial charge on any atom is 0.237 e. The van der Waals surface area contributed by atoms with Gasteiger partial charge in [0.1, 0.15) is 0 Å². The molecule has 8 heteroatoms. The van der Waals surface area contributed by atoms with E-state index in [0.29, 0.717) is 26.1 Å². The van der Waals surface area contributed by atoms with Crippen molar-refractivity contribution < 1.29 is 22.7 Å². The van der Waals surface area contributed by atoms with E-state index < -0.39 is 9.84 Å².